The quantitative estimate of drug-likeness (QED) is 0.902. The number of hydrogen-bond acceptors (Lipinski definition) is 2. The first-order valence-corrected chi connectivity index (χ1v) is 7.88. The highest BCUT2D eigenvalue weighted by Crippen LogP contribution is 2.42. The van der Waals surface area contributed by atoms with Gasteiger partial charge in [-0.2, -0.15) is 0 Å². The van der Waals surface area contributed by atoms with Gasteiger partial charge in [0, 0.05) is 18.0 Å². The molecule has 1 aliphatic heterocycles. The highest BCUT2D eigenvalue weighted by molar-refractivity contribution is 5.39. The van der Waals surface area contributed by atoms with Crippen molar-refractivity contribution in [3.63, 3.8) is 0 Å². The maximum absolute atomic E-state index is 6.23. The van der Waals surface area contributed by atoms with Crippen molar-refractivity contribution in [3.8, 4) is 5.75 Å². The molecule has 0 amide bonds. The van der Waals surface area contributed by atoms with E-state index in [1.165, 1.54) is 29.5 Å². The van der Waals surface area contributed by atoms with Crippen LogP contribution in [0.25, 0.3) is 0 Å². The molecule has 2 heteroatoms. The van der Waals surface area contributed by atoms with Gasteiger partial charge in [-0.15, -0.1) is 0 Å². The number of nitrogens with one attached hydrogen (secondary N) is 1. The lowest BCUT2D eigenvalue weighted by Gasteiger charge is -2.32. The van der Waals surface area contributed by atoms with Crippen LogP contribution < -0.4 is 10.1 Å². The molecule has 1 heterocycles. The van der Waals surface area contributed by atoms with Crippen LogP contribution in [0.1, 0.15) is 54.0 Å². The summed E-state index contributed by atoms with van der Waals surface area (Å²) in [5.74, 6) is 1.83. The predicted molar refractivity (Wildman–Crippen MR) is 84.6 cm³/mol. The summed E-state index contributed by atoms with van der Waals surface area (Å²) in [6, 6.07) is 17.8. The first-order valence-electron chi connectivity index (χ1n) is 7.88. The van der Waals surface area contributed by atoms with Gasteiger partial charge < -0.3 is 10.1 Å². The lowest BCUT2D eigenvalue weighted by molar-refractivity contribution is 0.154. The molecule has 1 aliphatic carbocycles. The maximum Gasteiger partial charge on any atom is 0.126 e. The summed E-state index contributed by atoms with van der Waals surface area (Å²) in [5, 5.41) is 3.42. The van der Waals surface area contributed by atoms with Crippen LogP contribution in [-0.2, 0) is 0 Å². The van der Waals surface area contributed by atoms with E-state index >= 15 is 0 Å². The Bertz CT molecular complexity index is 630. The molecule has 1 fully saturated rings. The minimum Gasteiger partial charge on any atom is -0.485 e. The zero-order valence-electron chi connectivity index (χ0n) is 12.4. The minimum absolute atomic E-state index is 0.144. The molecule has 2 nitrogen and oxygen atoms in total. The van der Waals surface area contributed by atoms with Gasteiger partial charge in [0.1, 0.15) is 11.9 Å². The van der Waals surface area contributed by atoms with Crippen molar-refractivity contribution < 1.29 is 4.74 Å². The molecule has 2 aromatic carbocycles. The zero-order valence-corrected chi connectivity index (χ0v) is 12.4. The number of fused-ring (bicyclic) bond motifs is 1. The van der Waals surface area contributed by atoms with Crippen molar-refractivity contribution in [1.82, 2.24) is 5.32 Å². The van der Waals surface area contributed by atoms with E-state index in [1.807, 2.05) is 13.1 Å². The second-order valence-corrected chi connectivity index (χ2v) is 6.16. The van der Waals surface area contributed by atoms with Gasteiger partial charge in [0.25, 0.3) is 0 Å². The molecular formula is C19H21NO. The van der Waals surface area contributed by atoms with Crippen LogP contribution in [0.4, 0.5) is 0 Å². The van der Waals surface area contributed by atoms with E-state index in [0.29, 0.717) is 6.04 Å². The van der Waals surface area contributed by atoms with Gasteiger partial charge in [0.05, 0.1) is 0 Å². The number of ether oxygens (including phenoxy) is 1. The van der Waals surface area contributed by atoms with Crippen LogP contribution in [0.3, 0.4) is 0 Å². The molecule has 1 saturated carbocycles. The van der Waals surface area contributed by atoms with Gasteiger partial charge in [-0.25, -0.2) is 0 Å². The summed E-state index contributed by atoms with van der Waals surface area (Å²) in [5.41, 5.74) is 4.04. The standard InChI is InChI=1S/C19H21NO/c1-20-17-12-19(21-18-5-3-2-4-16(17)18)15-10-8-14(9-11-15)13-6-7-13/h2-5,8-11,13,17,19-20H,6-7,12H2,1H3. The number of benzene rings is 2. The molecule has 1 N–H and O–H groups in total. The number of para-hydroxylation sites is 1. The fourth-order valence-electron chi connectivity index (χ4n) is 3.30. The Hall–Kier alpha value is -1.80. The van der Waals surface area contributed by atoms with Crippen molar-refractivity contribution >= 4 is 0 Å². The van der Waals surface area contributed by atoms with E-state index in [0.717, 1.165) is 18.1 Å². The van der Waals surface area contributed by atoms with Crippen molar-refractivity contribution in [2.75, 3.05) is 7.05 Å². The normalized spacial score (nSPS) is 24.2. The lowest BCUT2D eigenvalue weighted by Crippen LogP contribution is -2.26. The Morgan fingerprint density at radius 2 is 1.67 bits per heavy atom. The predicted octanol–water partition coefficient (Wildman–Crippen LogP) is 4.35. The van der Waals surface area contributed by atoms with Crippen LogP contribution in [0, 0.1) is 0 Å². The third-order valence-electron chi connectivity index (χ3n) is 4.72. The molecule has 2 aromatic rings. The van der Waals surface area contributed by atoms with Crippen LogP contribution in [0.2, 0.25) is 0 Å². The largest absolute Gasteiger partial charge is 0.485 e. The van der Waals surface area contributed by atoms with E-state index in [2.05, 4.69) is 47.8 Å². The second kappa shape index (κ2) is 5.19. The third-order valence-corrected chi connectivity index (χ3v) is 4.72. The average molecular weight is 279 g/mol. The topological polar surface area (TPSA) is 21.3 Å². The van der Waals surface area contributed by atoms with Crippen molar-refractivity contribution in [2.24, 2.45) is 0 Å². The van der Waals surface area contributed by atoms with E-state index < -0.39 is 0 Å². The summed E-state index contributed by atoms with van der Waals surface area (Å²) in [6.07, 6.45) is 3.84. The monoisotopic (exact) mass is 279 g/mol. The molecule has 108 valence electrons. The Morgan fingerprint density at radius 1 is 0.952 bits per heavy atom. The van der Waals surface area contributed by atoms with Gasteiger partial charge in [-0.3, -0.25) is 0 Å². The van der Waals surface area contributed by atoms with Gasteiger partial charge >= 0.3 is 0 Å². The minimum atomic E-state index is 0.144. The van der Waals surface area contributed by atoms with Crippen molar-refractivity contribution in [3.05, 3.63) is 65.2 Å². The summed E-state index contributed by atoms with van der Waals surface area (Å²) >= 11 is 0. The van der Waals surface area contributed by atoms with Crippen LogP contribution in [-0.4, -0.2) is 7.05 Å². The molecular weight excluding hydrogens is 258 g/mol. The average Bonchev–Trinajstić information content (AvgIpc) is 3.39. The van der Waals surface area contributed by atoms with E-state index in [1.54, 1.807) is 0 Å². The van der Waals surface area contributed by atoms with Crippen LogP contribution in [0.15, 0.2) is 48.5 Å². The lowest BCUT2D eigenvalue weighted by atomic mass is 9.92. The van der Waals surface area contributed by atoms with Gasteiger partial charge in [0.15, 0.2) is 0 Å². The molecule has 0 bridgehead atoms. The third kappa shape index (κ3) is 2.44. The molecule has 0 radical (unpaired) electrons. The van der Waals surface area contributed by atoms with E-state index in [-0.39, 0.29) is 6.10 Å². The van der Waals surface area contributed by atoms with Crippen LogP contribution in [0.5, 0.6) is 5.75 Å². The first-order chi connectivity index (χ1) is 10.3. The molecule has 0 saturated heterocycles. The Morgan fingerprint density at radius 3 is 2.38 bits per heavy atom. The Kier molecular flexibility index (Phi) is 3.19. The fraction of sp³-hybridized carbons (Fsp3) is 0.368. The van der Waals surface area contributed by atoms with Gasteiger partial charge in [-0.1, -0.05) is 42.5 Å². The summed E-state index contributed by atoms with van der Waals surface area (Å²) in [6.45, 7) is 0. The smallest absolute Gasteiger partial charge is 0.126 e. The highest BCUT2D eigenvalue weighted by atomic mass is 16.5. The molecule has 2 unspecified atom stereocenters. The number of hydrogen-bond donors (Lipinski definition) is 1. The molecule has 4 rings (SSSR count). The molecule has 2 atom stereocenters. The zero-order chi connectivity index (χ0) is 14.2. The van der Waals surface area contributed by atoms with E-state index in [9.17, 15) is 0 Å². The second-order valence-electron chi connectivity index (χ2n) is 6.16. The van der Waals surface area contributed by atoms with Crippen molar-refractivity contribution in [2.45, 2.75) is 37.3 Å². The summed E-state index contributed by atoms with van der Waals surface area (Å²) < 4.78 is 6.23. The summed E-state index contributed by atoms with van der Waals surface area (Å²) in [7, 11) is 2.03. The molecule has 0 aromatic heterocycles. The van der Waals surface area contributed by atoms with Gasteiger partial charge in [-0.05, 0) is 43.0 Å². The van der Waals surface area contributed by atoms with Crippen LogP contribution >= 0.6 is 0 Å². The number of rotatable bonds is 3. The SMILES string of the molecule is CNC1CC(c2ccc(C3CC3)cc2)Oc2ccccc21. The first kappa shape index (κ1) is 12.9. The molecule has 0 spiro atoms. The van der Waals surface area contributed by atoms with Crippen molar-refractivity contribution in [1.29, 1.82) is 0 Å². The Labute approximate surface area is 126 Å². The maximum atomic E-state index is 6.23. The molecule has 2 aliphatic rings. The molecule has 21 heavy (non-hydrogen) atoms. The fourth-order valence-corrected chi connectivity index (χ4v) is 3.30. The highest BCUT2D eigenvalue weighted by Gasteiger charge is 2.29. The Balaban J connectivity index is 1.61. The van der Waals surface area contributed by atoms with E-state index in [4.69, 9.17) is 4.74 Å². The van der Waals surface area contributed by atoms with Gasteiger partial charge in [0.2, 0.25) is 0 Å². The summed E-state index contributed by atoms with van der Waals surface area (Å²) in [4.78, 5) is 0.